The van der Waals surface area contributed by atoms with Crippen molar-refractivity contribution in [3.05, 3.63) is 54.1 Å². The van der Waals surface area contributed by atoms with E-state index in [1.165, 1.54) is 24.0 Å². The molecule has 8 nitrogen and oxygen atoms in total. The Morgan fingerprint density at radius 2 is 2.07 bits per heavy atom. The summed E-state index contributed by atoms with van der Waals surface area (Å²) in [4.78, 5) is 12.0. The fourth-order valence-corrected chi connectivity index (χ4v) is 3.22. The maximum atomic E-state index is 12.0. The topological polar surface area (TPSA) is 102 Å². The van der Waals surface area contributed by atoms with E-state index in [-0.39, 0.29) is 17.4 Å². The number of nitrogens with one attached hydrogen (secondary N) is 1. The quantitative estimate of drug-likeness (QED) is 0.336. The van der Waals surface area contributed by atoms with Gasteiger partial charge in [0.1, 0.15) is 0 Å². The van der Waals surface area contributed by atoms with Crippen LogP contribution in [-0.2, 0) is 11.8 Å². The van der Waals surface area contributed by atoms with Gasteiger partial charge in [0.15, 0.2) is 22.5 Å². The molecule has 0 aliphatic heterocycles. The second kappa shape index (κ2) is 9.74. The number of phenolic OH excluding ortho intramolecular Hbond substituents is 1. The number of carbonyl (C=O) groups is 1. The van der Waals surface area contributed by atoms with Gasteiger partial charge in [0.05, 0.1) is 18.6 Å². The second-order valence-corrected chi connectivity index (χ2v) is 6.92. The van der Waals surface area contributed by atoms with E-state index < -0.39 is 0 Å². The Labute approximate surface area is 172 Å². The smallest absolute Gasteiger partial charge is 0.250 e. The fourth-order valence-electron chi connectivity index (χ4n) is 2.51. The van der Waals surface area contributed by atoms with E-state index in [0.29, 0.717) is 23.1 Å². The van der Waals surface area contributed by atoms with Crippen LogP contribution >= 0.6 is 11.8 Å². The highest BCUT2D eigenvalue weighted by Gasteiger charge is 2.12. The number of carbonyl (C=O) groups excluding carboxylic acids is 1. The number of amides is 1. The normalized spacial score (nSPS) is 11.0. The molecular weight excluding hydrogens is 390 g/mol. The van der Waals surface area contributed by atoms with Crippen LogP contribution in [0.3, 0.4) is 0 Å². The van der Waals surface area contributed by atoms with Crippen molar-refractivity contribution in [3.63, 3.8) is 0 Å². The molecule has 150 valence electrons. The average Bonchev–Trinajstić information content (AvgIpc) is 3.09. The molecule has 0 radical (unpaired) electrons. The Morgan fingerprint density at radius 3 is 2.79 bits per heavy atom. The minimum Gasteiger partial charge on any atom is -0.504 e. The van der Waals surface area contributed by atoms with Crippen molar-refractivity contribution in [3.8, 4) is 22.9 Å². The lowest BCUT2D eigenvalue weighted by molar-refractivity contribution is -0.118. The summed E-state index contributed by atoms with van der Waals surface area (Å²) in [6.07, 6.45) is 1.45. The predicted molar refractivity (Wildman–Crippen MR) is 112 cm³/mol. The Balaban J connectivity index is 1.52. The zero-order valence-electron chi connectivity index (χ0n) is 16.1. The van der Waals surface area contributed by atoms with Crippen molar-refractivity contribution < 1.29 is 14.6 Å². The predicted octanol–water partition coefficient (Wildman–Crippen LogP) is 2.83. The SMILES string of the molecule is CCOc1ccc(C=NNC(=O)CSc2nnc(-c3ccccc3)n2C)cc1O. The number of nitrogens with zero attached hydrogens (tertiary/aromatic N) is 4. The number of phenols is 1. The fraction of sp³-hybridized carbons (Fsp3) is 0.200. The largest absolute Gasteiger partial charge is 0.504 e. The summed E-state index contributed by atoms with van der Waals surface area (Å²) in [6.45, 7) is 2.30. The van der Waals surface area contributed by atoms with Crippen molar-refractivity contribution >= 4 is 23.9 Å². The number of thioether (sulfide) groups is 1. The summed E-state index contributed by atoms with van der Waals surface area (Å²) in [6, 6.07) is 14.6. The molecule has 2 aromatic carbocycles. The molecule has 1 aromatic heterocycles. The van der Waals surface area contributed by atoms with Crippen LogP contribution in [0.25, 0.3) is 11.4 Å². The van der Waals surface area contributed by atoms with Gasteiger partial charge in [-0.15, -0.1) is 10.2 Å². The van der Waals surface area contributed by atoms with Gasteiger partial charge in [-0.25, -0.2) is 5.43 Å². The molecule has 0 aliphatic carbocycles. The van der Waals surface area contributed by atoms with E-state index in [0.717, 1.165) is 11.4 Å². The van der Waals surface area contributed by atoms with Crippen molar-refractivity contribution in [1.29, 1.82) is 0 Å². The summed E-state index contributed by atoms with van der Waals surface area (Å²) in [7, 11) is 1.86. The summed E-state index contributed by atoms with van der Waals surface area (Å²) in [5, 5.41) is 22.7. The van der Waals surface area contributed by atoms with Crippen LogP contribution < -0.4 is 10.2 Å². The molecule has 3 rings (SSSR count). The van der Waals surface area contributed by atoms with Gasteiger partial charge in [-0.05, 0) is 30.7 Å². The Bertz CT molecular complexity index is 1000. The number of hydrogen-bond acceptors (Lipinski definition) is 7. The molecule has 0 bridgehead atoms. The van der Waals surface area contributed by atoms with Gasteiger partial charge in [0.25, 0.3) is 5.91 Å². The summed E-state index contributed by atoms with van der Waals surface area (Å²) in [5.41, 5.74) is 4.06. The molecule has 1 amide bonds. The van der Waals surface area contributed by atoms with Gasteiger partial charge in [-0.3, -0.25) is 4.79 Å². The maximum absolute atomic E-state index is 12.0. The van der Waals surface area contributed by atoms with Crippen molar-refractivity contribution in [1.82, 2.24) is 20.2 Å². The highest BCUT2D eigenvalue weighted by molar-refractivity contribution is 7.99. The molecule has 0 aliphatic rings. The zero-order chi connectivity index (χ0) is 20.6. The molecule has 0 fully saturated rings. The zero-order valence-corrected chi connectivity index (χ0v) is 16.9. The molecule has 0 atom stereocenters. The molecule has 3 aromatic rings. The molecule has 2 N–H and O–H groups in total. The standard InChI is InChI=1S/C20H21N5O3S/c1-3-28-17-10-9-14(11-16(17)26)12-21-22-18(27)13-29-20-24-23-19(25(20)2)15-7-5-4-6-8-15/h4-12,26H,3,13H2,1-2H3,(H,22,27). The average molecular weight is 411 g/mol. The summed E-state index contributed by atoms with van der Waals surface area (Å²) < 4.78 is 7.11. The third kappa shape index (κ3) is 5.35. The van der Waals surface area contributed by atoms with Crippen molar-refractivity contribution in [2.24, 2.45) is 12.1 Å². The van der Waals surface area contributed by atoms with Gasteiger partial charge in [0, 0.05) is 12.6 Å². The molecule has 0 saturated heterocycles. The molecule has 29 heavy (non-hydrogen) atoms. The molecule has 0 saturated carbocycles. The van der Waals surface area contributed by atoms with Crippen LogP contribution in [0.4, 0.5) is 0 Å². The van der Waals surface area contributed by atoms with E-state index in [4.69, 9.17) is 4.74 Å². The Kier molecular flexibility index (Phi) is 6.85. The third-order valence-electron chi connectivity index (χ3n) is 3.88. The number of rotatable bonds is 8. The van der Waals surface area contributed by atoms with Gasteiger partial charge in [-0.1, -0.05) is 42.1 Å². The lowest BCUT2D eigenvalue weighted by Crippen LogP contribution is -2.19. The van der Waals surface area contributed by atoms with E-state index in [1.54, 1.807) is 12.1 Å². The Morgan fingerprint density at radius 1 is 1.28 bits per heavy atom. The number of hydrogen-bond donors (Lipinski definition) is 2. The first-order valence-electron chi connectivity index (χ1n) is 8.93. The van der Waals surface area contributed by atoms with Crippen molar-refractivity contribution in [2.45, 2.75) is 12.1 Å². The molecule has 0 unspecified atom stereocenters. The van der Waals surface area contributed by atoms with Crippen LogP contribution in [0.1, 0.15) is 12.5 Å². The van der Waals surface area contributed by atoms with E-state index in [9.17, 15) is 9.90 Å². The van der Waals surface area contributed by atoms with Gasteiger partial charge in [-0.2, -0.15) is 5.10 Å². The van der Waals surface area contributed by atoms with Gasteiger partial charge < -0.3 is 14.4 Å². The van der Waals surface area contributed by atoms with Crippen LogP contribution in [0.5, 0.6) is 11.5 Å². The molecule has 0 spiro atoms. The lowest BCUT2D eigenvalue weighted by Gasteiger charge is -2.05. The molecule has 1 heterocycles. The number of hydrazone groups is 1. The Hall–Kier alpha value is -3.33. The van der Waals surface area contributed by atoms with E-state index in [2.05, 4.69) is 20.7 Å². The molecule has 9 heteroatoms. The first-order valence-corrected chi connectivity index (χ1v) is 9.92. The third-order valence-corrected chi connectivity index (χ3v) is 4.91. The van der Waals surface area contributed by atoms with Crippen LogP contribution in [-0.4, -0.2) is 44.4 Å². The summed E-state index contributed by atoms with van der Waals surface area (Å²) in [5.74, 6) is 1.04. The monoisotopic (exact) mass is 411 g/mol. The van der Waals surface area contributed by atoms with Crippen LogP contribution in [0.2, 0.25) is 0 Å². The molecular formula is C20H21N5O3S. The van der Waals surface area contributed by atoms with E-state index >= 15 is 0 Å². The van der Waals surface area contributed by atoms with Crippen LogP contribution in [0, 0.1) is 0 Å². The van der Waals surface area contributed by atoms with Crippen LogP contribution in [0.15, 0.2) is 58.8 Å². The highest BCUT2D eigenvalue weighted by Crippen LogP contribution is 2.26. The number of benzene rings is 2. The minimum absolute atomic E-state index is 0.0224. The van der Waals surface area contributed by atoms with E-state index in [1.807, 2.05) is 48.9 Å². The minimum atomic E-state index is -0.273. The first-order chi connectivity index (χ1) is 14.1. The number of aromatic hydroxyl groups is 1. The van der Waals surface area contributed by atoms with Gasteiger partial charge in [0.2, 0.25) is 0 Å². The van der Waals surface area contributed by atoms with Gasteiger partial charge >= 0.3 is 0 Å². The summed E-state index contributed by atoms with van der Waals surface area (Å²) >= 11 is 1.27. The number of aromatic nitrogens is 3. The lowest BCUT2D eigenvalue weighted by atomic mass is 10.2. The first kappa shape index (κ1) is 20.4. The number of ether oxygens (including phenoxy) is 1. The highest BCUT2D eigenvalue weighted by atomic mass is 32.2. The maximum Gasteiger partial charge on any atom is 0.250 e. The second-order valence-electron chi connectivity index (χ2n) is 5.97. The van der Waals surface area contributed by atoms with Crippen molar-refractivity contribution in [2.75, 3.05) is 12.4 Å².